The number of carbonyl (C=O) groups is 1. The fourth-order valence-electron chi connectivity index (χ4n) is 3.39. The minimum atomic E-state index is -0.224. The molecular weight excluding hydrogens is 334 g/mol. The Hall–Kier alpha value is -2.32. The number of nitrogens with one attached hydrogen (secondary N) is 2. The Labute approximate surface area is 151 Å². The third-order valence-corrected chi connectivity index (χ3v) is 4.96. The lowest BCUT2D eigenvalue weighted by atomic mass is 9.79. The number of hydrogen-bond acceptors (Lipinski definition) is 6. The topological polar surface area (TPSA) is 98.1 Å². The van der Waals surface area contributed by atoms with Crippen LogP contribution in [0.2, 0.25) is 0 Å². The van der Waals surface area contributed by atoms with Gasteiger partial charge in [-0.1, -0.05) is 17.3 Å². The zero-order valence-corrected chi connectivity index (χ0v) is 15.0. The zero-order chi connectivity index (χ0) is 18.4. The quantitative estimate of drug-likeness (QED) is 0.739. The number of carbonyl (C=O) groups excluding carboxylic acids is 1. The van der Waals surface area contributed by atoms with Crippen LogP contribution < -0.4 is 16.2 Å². The molecule has 8 nitrogen and oxygen atoms in total. The van der Waals surface area contributed by atoms with Crippen molar-refractivity contribution in [2.45, 2.75) is 25.8 Å². The summed E-state index contributed by atoms with van der Waals surface area (Å²) < 4.78 is 6.61. The van der Waals surface area contributed by atoms with Crippen molar-refractivity contribution in [1.29, 1.82) is 0 Å². The molecule has 1 aromatic heterocycles. The summed E-state index contributed by atoms with van der Waals surface area (Å²) in [5.41, 5.74) is 0.318. The highest BCUT2D eigenvalue weighted by Gasteiger charge is 2.32. The molecular formula is C18H25N5O3. The second kappa shape index (κ2) is 8.37. The second-order valence-corrected chi connectivity index (χ2v) is 6.84. The Morgan fingerprint density at radius 2 is 2.12 bits per heavy atom. The Bertz CT molecular complexity index is 808. The number of rotatable bonds is 7. The van der Waals surface area contributed by atoms with Crippen LogP contribution in [0.4, 0.5) is 0 Å². The second-order valence-electron chi connectivity index (χ2n) is 6.84. The van der Waals surface area contributed by atoms with Crippen molar-refractivity contribution in [1.82, 2.24) is 25.6 Å². The number of aryl methyl sites for hydroxylation is 1. The van der Waals surface area contributed by atoms with E-state index < -0.39 is 0 Å². The number of benzene rings is 1. The van der Waals surface area contributed by atoms with Gasteiger partial charge >= 0.3 is 0 Å². The number of piperidine rings is 1. The van der Waals surface area contributed by atoms with E-state index in [0.717, 1.165) is 25.9 Å². The normalized spacial score (nSPS) is 16.5. The maximum atomic E-state index is 12.4. The van der Waals surface area contributed by atoms with Gasteiger partial charge in [-0.2, -0.15) is 0 Å². The average Bonchev–Trinajstić information content (AvgIpc) is 2.67. The molecule has 2 heterocycles. The van der Waals surface area contributed by atoms with E-state index in [2.05, 4.69) is 20.9 Å². The number of methoxy groups -OCH3 is 1. The Morgan fingerprint density at radius 1 is 1.35 bits per heavy atom. The molecule has 0 aliphatic carbocycles. The summed E-state index contributed by atoms with van der Waals surface area (Å²) in [4.78, 5) is 24.6. The summed E-state index contributed by atoms with van der Waals surface area (Å²) >= 11 is 0. The highest BCUT2D eigenvalue weighted by Crippen LogP contribution is 2.28. The summed E-state index contributed by atoms with van der Waals surface area (Å²) in [5.74, 6) is -0.0964. The number of aromatic nitrogens is 3. The number of amides is 1. The van der Waals surface area contributed by atoms with Crippen molar-refractivity contribution in [2.24, 2.45) is 5.41 Å². The van der Waals surface area contributed by atoms with Crippen molar-refractivity contribution in [3.05, 3.63) is 34.6 Å². The number of fused-ring (bicyclic) bond motifs is 1. The van der Waals surface area contributed by atoms with Crippen molar-refractivity contribution in [3.63, 3.8) is 0 Å². The summed E-state index contributed by atoms with van der Waals surface area (Å²) in [6.07, 6.45) is 2.13. The number of hydrogen-bond donors (Lipinski definition) is 2. The van der Waals surface area contributed by atoms with Crippen LogP contribution in [-0.4, -0.2) is 54.3 Å². The van der Waals surface area contributed by atoms with Crippen LogP contribution in [0.25, 0.3) is 10.9 Å². The maximum Gasteiger partial charge on any atom is 0.277 e. The van der Waals surface area contributed by atoms with Crippen molar-refractivity contribution >= 4 is 16.8 Å². The third kappa shape index (κ3) is 4.25. The van der Waals surface area contributed by atoms with Crippen LogP contribution >= 0.6 is 0 Å². The standard InChI is InChI=1S/C18H25N5O3/c1-26-13-18(7-9-19-10-8-18)12-20-16(24)6-11-23-17(25)14-4-2-3-5-15(14)21-22-23/h2-5,19H,6-13H2,1H3,(H,20,24). The van der Waals surface area contributed by atoms with Crippen molar-refractivity contribution in [3.8, 4) is 0 Å². The van der Waals surface area contributed by atoms with E-state index in [-0.39, 0.29) is 29.8 Å². The van der Waals surface area contributed by atoms with Gasteiger partial charge in [0.2, 0.25) is 5.91 Å². The number of nitrogens with zero attached hydrogens (tertiary/aromatic N) is 3. The molecule has 0 radical (unpaired) electrons. The molecule has 0 atom stereocenters. The molecule has 2 N–H and O–H groups in total. The Balaban J connectivity index is 1.57. The van der Waals surface area contributed by atoms with Crippen LogP contribution in [0.15, 0.2) is 29.1 Å². The molecule has 0 saturated carbocycles. The van der Waals surface area contributed by atoms with Gasteiger partial charge in [0.1, 0.15) is 5.52 Å². The van der Waals surface area contributed by atoms with E-state index in [9.17, 15) is 9.59 Å². The Kier molecular flexibility index (Phi) is 5.95. The smallest absolute Gasteiger partial charge is 0.277 e. The molecule has 1 aliphatic heterocycles. The first-order valence-corrected chi connectivity index (χ1v) is 8.92. The van der Waals surface area contributed by atoms with E-state index in [1.54, 1.807) is 25.3 Å². The predicted octanol–water partition coefficient (Wildman–Crippen LogP) is 0.314. The first-order chi connectivity index (χ1) is 12.6. The van der Waals surface area contributed by atoms with Gasteiger partial charge in [0.25, 0.3) is 5.56 Å². The molecule has 1 saturated heterocycles. The lowest BCUT2D eigenvalue weighted by molar-refractivity contribution is -0.122. The molecule has 0 unspecified atom stereocenters. The largest absolute Gasteiger partial charge is 0.384 e. The highest BCUT2D eigenvalue weighted by atomic mass is 16.5. The van der Waals surface area contributed by atoms with Crippen molar-refractivity contribution in [2.75, 3.05) is 33.4 Å². The van der Waals surface area contributed by atoms with Crippen LogP contribution in [0.1, 0.15) is 19.3 Å². The first kappa shape index (κ1) is 18.5. The minimum Gasteiger partial charge on any atom is -0.384 e. The molecule has 0 spiro atoms. The van der Waals surface area contributed by atoms with Gasteiger partial charge in [0, 0.05) is 25.5 Å². The lowest BCUT2D eigenvalue weighted by Gasteiger charge is -2.37. The zero-order valence-electron chi connectivity index (χ0n) is 15.0. The molecule has 8 heteroatoms. The van der Waals surface area contributed by atoms with E-state index in [4.69, 9.17) is 4.74 Å². The van der Waals surface area contributed by atoms with Gasteiger partial charge in [-0.05, 0) is 38.1 Å². The van der Waals surface area contributed by atoms with Gasteiger partial charge in [0.15, 0.2) is 0 Å². The monoisotopic (exact) mass is 359 g/mol. The molecule has 1 aliphatic rings. The van der Waals surface area contributed by atoms with Crippen LogP contribution in [0.5, 0.6) is 0 Å². The summed E-state index contributed by atoms with van der Waals surface area (Å²) in [6, 6.07) is 7.06. The SMILES string of the molecule is COCC1(CNC(=O)CCn2nnc3ccccc3c2=O)CCNCC1. The lowest BCUT2D eigenvalue weighted by Crippen LogP contribution is -2.47. The molecule has 26 heavy (non-hydrogen) atoms. The molecule has 3 rings (SSSR count). The molecule has 2 aromatic rings. The molecule has 140 valence electrons. The highest BCUT2D eigenvalue weighted by molar-refractivity contribution is 5.77. The van der Waals surface area contributed by atoms with Gasteiger partial charge in [-0.3, -0.25) is 9.59 Å². The fraction of sp³-hybridized carbons (Fsp3) is 0.556. The van der Waals surface area contributed by atoms with E-state index >= 15 is 0 Å². The summed E-state index contributed by atoms with van der Waals surface area (Å²) in [7, 11) is 1.69. The molecule has 1 fully saturated rings. The van der Waals surface area contributed by atoms with Gasteiger partial charge in [0.05, 0.1) is 18.5 Å². The first-order valence-electron chi connectivity index (χ1n) is 8.92. The summed E-state index contributed by atoms with van der Waals surface area (Å²) in [5, 5.41) is 14.8. The molecule has 1 aromatic carbocycles. The minimum absolute atomic E-state index is 0.0186. The van der Waals surface area contributed by atoms with Gasteiger partial charge < -0.3 is 15.4 Å². The van der Waals surface area contributed by atoms with Crippen LogP contribution in [0.3, 0.4) is 0 Å². The average molecular weight is 359 g/mol. The predicted molar refractivity (Wildman–Crippen MR) is 97.8 cm³/mol. The van der Waals surface area contributed by atoms with Gasteiger partial charge in [-0.25, -0.2) is 4.68 Å². The van der Waals surface area contributed by atoms with Gasteiger partial charge in [-0.15, -0.1) is 5.10 Å². The van der Waals surface area contributed by atoms with Crippen LogP contribution in [0, 0.1) is 5.41 Å². The maximum absolute atomic E-state index is 12.4. The van der Waals surface area contributed by atoms with Crippen LogP contribution in [-0.2, 0) is 16.1 Å². The van der Waals surface area contributed by atoms with E-state index in [1.807, 2.05) is 6.07 Å². The third-order valence-electron chi connectivity index (χ3n) is 4.96. The van der Waals surface area contributed by atoms with Crippen molar-refractivity contribution < 1.29 is 9.53 Å². The Morgan fingerprint density at radius 3 is 2.88 bits per heavy atom. The summed E-state index contributed by atoms with van der Waals surface area (Å²) in [6.45, 7) is 3.29. The van der Waals surface area contributed by atoms with E-state index in [1.165, 1.54) is 4.68 Å². The molecule has 1 amide bonds. The number of ether oxygens (including phenoxy) is 1. The molecule has 0 bridgehead atoms. The van der Waals surface area contributed by atoms with E-state index in [0.29, 0.717) is 24.1 Å². The fourth-order valence-corrected chi connectivity index (χ4v) is 3.39.